The van der Waals surface area contributed by atoms with E-state index in [2.05, 4.69) is 12.1 Å². The summed E-state index contributed by atoms with van der Waals surface area (Å²) in [5.41, 5.74) is 1.27. The van der Waals surface area contributed by atoms with Gasteiger partial charge >= 0.3 is 5.97 Å². The summed E-state index contributed by atoms with van der Waals surface area (Å²) in [4.78, 5) is 11.3. The smallest absolute Gasteiger partial charge is 0.306 e. The van der Waals surface area contributed by atoms with Crippen LogP contribution in [0.3, 0.4) is 0 Å². The Hall–Kier alpha value is -1.16. The molecule has 0 bridgehead atoms. The van der Waals surface area contributed by atoms with Gasteiger partial charge in [-0.2, -0.15) is 0 Å². The molecule has 3 nitrogen and oxygen atoms in total. The van der Waals surface area contributed by atoms with Crippen LogP contribution in [0.25, 0.3) is 0 Å². The molecule has 1 unspecified atom stereocenters. The zero-order valence-corrected chi connectivity index (χ0v) is 12.8. The highest BCUT2D eigenvalue weighted by atomic mass is 32.2. The van der Waals surface area contributed by atoms with E-state index >= 15 is 0 Å². The molecule has 1 fully saturated rings. The zero-order valence-electron chi connectivity index (χ0n) is 12.0. The van der Waals surface area contributed by atoms with E-state index < -0.39 is 10.8 Å². The molecule has 0 saturated heterocycles. The molecule has 1 aromatic carbocycles. The molecule has 4 heteroatoms. The van der Waals surface area contributed by atoms with Crippen molar-refractivity contribution in [1.82, 2.24) is 0 Å². The van der Waals surface area contributed by atoms with Crippen LogP contribution in [0.4, 0.5) is 0 Å². The number of ether oxygens (including phenoxy) is 1. The lowest BCUT2D eigenvalue weighted by atomic mass is 10.1. The van der Waals surface area contributed by atoms with Crippen molar-refractivity contribution in [3.8, 4) is 0 Å². The number of carbonyl (C=O) groups excluding carboxylic acids is 1. The predicted octanol–water partition coefficient (Wildman–Crippen LogP) is 2.71. The Kier molecular flexibility index (Phi) is 5.35. The van der Waals surface area contributed by atoms with E-state index in [9.17, 15) is 9.00 Å². The second-order valence-corrected chi connectivity index (χ2v) is 7.21. The number of aryl methyl sites for hydroxylation is 1. The minimum absolute atomic E-state index is 0.0231. The number of benzene rings is 1. The van der Waals surface area contributed by atoms with Gasteiger partial charge in [-0.15, -0.1) is 0 Å². The standard InChI is InChI=1S/C16H22O3S/c1-19-15(17)12-16(9-10-16)13-20(18)11-5-8-14-6-3-2-4-7-14/h2-4,6-7H,5,8-13H2,1H3. The van der Waals surface area contributed by atoms with Gasteiger partial charge in [-0.1, -0.05) is 30.3 Å². The van der Waals surface area contributed by atoms with Gasteiger partial charge in [-0.05, 0) is 36.7 Å². The van der Waals surface area contributed by atoms with Crippen LogP contribution in [0.5, 0.6) is 0 Å². The second kappa shape index (κ2) is 7.02. The average molecular weight is 294 g/mol. The Morgan fingerprint density at radius 2 is 2.00 bits per heavy atom. The normalized spacial score (nSPS) is 17.4. The molecular formula is C16H22O3S. The van der Waals surface area contributed by atoms with E-state index in [1.807, 2.05) is 18.2 Å². The molecule has 1 aliphatic carbocycles. The predicted molar refractivity (Wildman–Crippen MR) is 80.9 cm³/mol. The SMILES string of the molecule is COC(=O)CC1(CS(=O)CCCc2ccccc2)CC1. The van der Waals surface area contributed by atoms with Gasteiger partial charge in [-0.3, -0.25) is 9.00 Å². The van der Waals surface area contributed by atoms with E-state index in [1.165, 1.54) is 12.7 Å². The minimum atomic E-state index is -0.827. The summed E-state index contributed by atoms with van der Waals surface area (Å²) in [5.74, 6) is 1.19. The molecule has 1 aromatic rings. The average Bonchev–Trinajstić information content (AvgIpc) is 3.19. The van der Waals surface area contributed by atoms with Crippen LogP contribution < -0.4 is 0 Å². The lowest BCUT2D eigenvalue weighted by Gasteiger charge is -2.13. The number of hydrogen-bond acceptors (Lipinski definition) is 3. The maximum Gasteiger partial charge on any atom is 0.306 e. The second-order valence-electron chi connectivity index (χ2n) is 5.63. The van der Waals surface area contributed by atoms with Gasteiger partial charge in [0.25, 0.3) is 0 Å². The monoisotopic (exact) mass is 294 g/mol. The Labute approximate surface area is 123 Å². The van der Waals surface area contributed by atoms with E-state index in [0.717, 1.165) is 31.4 Å². The van der Waals surface area contributed by atoms with Gasteiger partial charge in [0.1, 0.15) is 0 Å². The lowest BCUT2D eigenvalue weighted by molar-refractivity contribution is -0.141. The van der Waals surface area contributed by atoms with Crippen LogP contribution in [0, 0.1) is 5.41 Å². The number of rotatable bonds is 8. The first-order valence-corrected chi connectivity index (χ1v) is 8.58. The quantitative estimate of drug-likeness (QED) is 0.692. The highest BCUT2D eigenvalue weighted by molar-refractivity contribution is 7.85. The Bertz CT molecular complexity index is 466. The third-order valence-electron chi connectivity index (χ3n) is 3.85. The van der Waals surface area contributed by atoms with Gasteiger partial charge in [0.15, 0.2) is 0 Å². The highest BCUT2D eigenvalue weighted by Gasteiger charge is 2.45. The number of hydrogen-bond donors (Lipinski definition) is 0. The molecule has 110 valence electrons. The van der Waals surface area contributed by atoms with Crippen molar-refractivity contribution in [1.29, 1.82) is 0 Å². The number of methoxy groups -OCH3 is 1. The molecule has 1 aliphatic rings. The Morgan fingerprint density at radius 1 is 1.30 bits per heavy atom. The highest BCUT2D eigenvalue weighted by Crippen LogP contribution is 2.49. The fourth-order valence-electron chi connectivity index (χ4n) is 2.42. The molecule has 0 aromatic heterocycles. The summed E-state index contributed by atoms with van der Waals surface area (Å²) < 4.78 is 16.8. The van der Waals surface area contributed by atoms with E-state index in [-0.39, 0.29) is 11.4 Å². The van der Waals surface area contributed by atoms with Gasteiger partial charge in [-0.25, -0.2) is 0 Å². The van der Waals surface area contributed by atoms with Crippen LogP contribution in [-0.2, 0) is 26.8 Å². The molecule has 0 aliphatic heterocycles. The van der Waals surface area contributed by atoms with Crippen LogP contribution in [0.15, 0.2) is 30.3 Å². The van der Waals surface area contributed by atoms with Crippen LogP contribution in [0.1, 0.15) is 31.2 Å². The van der Waals surface area contributed by atoms with Crippen LogP contribution in [-0.4, -0.2) is 28.8 Å². The van der Waals surface area contributed by atoms with Crippen molar-refractivity contribution in [3.63, 3.8) is 0 Å². The molecular weight excluding hydrogens is 272 g/mol. The number of carbonyl (C=O) groups is 1. The summed E-state index contributed by atoms with van der Waals surface area (Å²) in [5, 5.41) is 0. The van der Waals surface area contributed by atoms with Gasteiger partial charge in [0, 0.05) is 22.3 Å². The summed E-state index contributed by atoms with van der Waals surface area (Å²) >= 11 is 0. The molecule has 1 saturated carbocycles. The molecule has 0 spiro atoms. The Balaban J connectivity index is 1.69. The first kappa shape index (κ1) is 15.2. The zero-order chi connectivity index (χ0) is 14.4. The maximum absolute atomic E-state index is 12.1. The summed E-state index contributed by atoms with van der Waals surface area (Å²) in [6.07, 6.45) is 4.34. The summed E-state index contributed by atoms with van der Waals surface area (Å²) in [7, 11) is 0.585. The van der Waals surface area contributed by atoms with Crippen molar-refractivity contribution in [3.05, 3.63) is 35.9 Å². The molecule has 0 heterocycles. The van der Waals surface area contributed by atoms with Gasteiger partial charge < -0.3 is 4.74 Å². The third-order valence-corrected chi connectivity index (χ3v) is 5.53. The van der Waals surface area contributed by atoms with Crippen molar-refractivity contribution >= 4 is 16.8 Å². The first-order chi connectivity index (χ1) is 9.63. The molecule has 0 radical (unpaired) electrons. The van der Waals surface area contributed by atoms with E-state index in [0.29, 0.717) is 12.2 Å². The lowest BCUT2D eigenvalue weighted by Crippen LogP contribution is -2.19. The van der Waals surface area contributed by atoms with Crippen LogP contribution in [0.2, 0.25) is 0 Å². The number of esters is 1. The minimum Gasteiger partial charge on any atom is -0.469 e. The van der Waals surface area contributed by atoms with Crippen molar-refractivity contribution < 1.29 is 13.7 Å². The Morgan fingerprint density at radius 3 is 2.60 bits per heavy atom. The van der Waals surface area contributed by atoms with Crippen molar-refractivity contribution in [2.45, 2.75) is 32.1 Å². The summed E-state index contributed by atoms with van der Waals surface area (Å²) in [6, 6.07) is 10.3. The van der Waals surface area contributed by atoms with Crippen molar-refractivity contribution in [2.75, 3.05) is 18.6 Å². The largest absolute Gasteiger partial charge is 0.469 e. The fraction of sp³-hybridized carbons (Fsp3) is 0.562. The van der Waals surface area contributed by atoms with Crippen molar-refractivity contribution in [2.24, 2.45) is 5.41 Å². The van der Waals surface area contributed by atoms with Crippen LogP contribution >= 0.6 is 0 Å². The van der Waals surface area contributed by atoms with Gasteiger partial charge in [0.05, 0.1) is 13.5 Å². The molecule has 1 atom stereocenters. The maximum atomic E-state index is 12.1. The first-order valence-electron chi connectivity index (χ1n) is 7.09. The third kappa shape index (κ3) is 4.75. The molecule has 0 N–H and O–H groups in total. The molecule has 0 amide bonds. The van der Waals surface area contributed by atoms with E-state index in [4.69, 9.17) is 4.74 Å². The topological polar surface area (TPSA) is 43.4 Å². The molecule has 20 heavy (non-hydrogen) atoms. The van der Waals surface area contributed by atoms with E-state index in [1.54, 1.807) is 0 Å². The summed E-state index contributed by atoms with van der Waals surface area (Å²) in [6.45, 7) is 0. The molecule has 2 rings (SSSR count). The van der Waals surface area contributed by atoms with Gasteiger partial charge in [0.2, 0.25) is 0 Å². The fourth-order valence-corrected chi connectivity index (χ4v) is 4.11.